The Bertz CT molecular complexity index is 263. The molecule has 1 rings (SSSR count). The average Bonchev–Trinajstić information content (AvgIpc) is 2.16. The summed E-state index contributed by atoms with van der Waals surface area (Å²) in [6, 6.07) is 0. The van der Waals surface area contributed by atoms with Crippen molar-refractivity contribution in [2.24, 2.45) is 11.3 Å². The maximum Gasteiger partial charge on any atom is 0.0634 e. The van der Waals surface area contributed by atoms with Crippen LogP contribution in [0, 0.1) is 11.3 Å². The zero-order valence-electron chi connectivity index (χ0n) is 10.0. The maximum atomic E-state index is 5.57. The molecule has 1 aliphatic carbocycles. The van der Waals surface area contributed by atoms with Gasteiger partial charge in [0, 0.05) is 18.4 Å². The number of hydrogen-bond donors (Lipinski definition) is 0. The fourth-order valence-electron chi connectivity index (χ4n) is 2.55. The van der Waals surface area contributed by atoms with Gasteiger partial charge in [0.1, 0.15) is 0 Å². The molecular formula is C12H20OS2. The number of allylic oxidation sites excluding steroid dienone is 1. The van der Waals surface area contributed by atoms with Gasteiger partial charge >= 0.3 is 0 Å². The van der Waals surface area contributed by atoms with Crippen molar-refractivity contribution < 1.29 is 4.74 Å². The van der Waals surface area contributed by atoms with Crippen LogP contribution in [0.4, 0.5) is 0 Å². The number of thiocarbonyl (C=S) groups is 1. The van der Waals surface area contributed by atoms with Crippen LogP contribution >= 0.6 is 24.0 Å². The molecule has 0 aromatic carbocycles. The fraction of sp³-hybridized carbons (Fsp3) is 0.750. The summed E-state index contributed by atoms with van der Waals surface area (Å²) in [5.41, 5.74) is 1.34. The van der Waals surface area contributed by atoms with Crippen molar-refractivity contribution in [1.29, 1.82) is 0 Å². The van der Waals surface area contributed by atoms with Gasteiger partial charge in [0.15, 0.2) is 0 Å². The Morgan fingerprint density at radius 1 is 1.60 bits per heavy atom. The molecule has 1 fully saturated rings. The predicted molar refractivity (Wildman–Crippen MR) is 72.6 cm³/mol. The standard InChI is InChI=1S/C12H20OS2/c1-8-6-7-9(13-4)12(2,3)10(8)11(14)15-5/h9-10H,1,6-7H2,2-5H3/t9-,10-/m0/s1. The molecule has 0 heterocycles. The van der Waals surface area contributed by atoms with E-state index in [1.54, 1.807) is 18.9 Å². The van der Waals surface area contributed by atoms with Crippen LogP contribution < -0.4 is 0 Å². The summed E-state index contributed by atoms with van der Waals surface area (Å²) >= 11 is 7.11. The van der Waals surface area contributed by atoms with Crippen molar-refractivity contribution in [3.8, 4) is 0 Å². The van der Waals surface area contributed by atoms with E-state index in [1.807, 2.05) is 6.26 Å². The van der Waals surface area contributed by atoms with Crippen molar-refractivity contribution in [1.82, 2.24) is 0 Å². The van der Waals surface area contributed by atoms with E-state index in [-0.39, 0.29) is 11.5 Å². The van der Waals surface area contributed by atoms with Gasteiger partial charge in [-0.3, -0.25) is 0 Å². The highest BCUT2D eigenvalue weighted by Gasteiger charge is 2.44. The van der Waals surface area contributed by atoms with Crippen LogP contribution in [-0.4, -0.2) is 23.7 Å². The Hall–Kier alpha value is 0.140. The molecule has 86 valence electrons. The molecular weight excluding hydrogens is 224 g/mol. The first-order chi connectivity index (χ1) is 6.95. The van der Waals surface area contributed by atoms with E-state index in [4.69, 9.17) is 17.0 Å². The van der Waals surface area contributed by atoms with Gasteiger partial charge in [-0.1, -0.05) is 38.2 Å². The van der Waals surface area contributed by atoms with Crippen molar-refractivity contribution in [3.63, 3.8) is 0 Å². The van der Waals surface area contributed by atoms with Gasteiger partial charge in [-0.25, -0.2) is 0 Å². The molecule has 3 heteroatoms. The molecule has 0 radical (unpaired) electrons. The molecule has 0 amide bonds. The predicted octanol–water partition coefficient (Wildman–Crippen LogP) is 3.68. The molecule has 0 saturated heterocycles. The van der Waals surface area contributed by atoms with Crippen LogP contribution in [0.3, 0.4) is 0 Å². The fourth-order valence-corrected chi connectivity index (χ4v) is 3.73. The van der Waals surface area contributed by atoms with Crippen LogP contribution in [0.2, 0.25) is 0 Å². The normalized spacial score (nSPS) is 30.3. The Kier molecular flexibility index (Phi) is 4.38. The Morgan fingerprint density at radius 2 is 2.20 bits per heavy atom. The van der Waals surface area contributed by atoms with Crippen molar-refractivity contribution in [2.45, 2.75) is 32.8 Å². The molecule has 0 spiro atoms. The Balaban J connectivity index is 2.98. The number of methoxy groups -OCH3 is 1. The first-order valence-electron chi connectivity index (χ1n) is 5.23. The van der Waals surface area contributed by atoms with E-state index in [0.717, 1.165) is 17.0 Å². The minimum atomic E-state index is 0.0736. The van der Waals surface area contributed by atoms with Gasteiger partial charge in [0.25, 0.3) is 0 Å². The topological polar surface area (TPSA) is 9.23 Å². The summed E-state index contributed by atoms with van der Waals surface area (Å²) in [7, 11) is 1.79. The number of thioether (sulfide) groups is 1. The van der Waals surface area contributed by atoms with Gasteiger partial charge in [0.05, 0.1) is 10.3 Å². The molecule has 0 aromatic rings. The summed E-state index contributed by atoms with van der Waals surface area (Å²) in [5, 5.41) is 0. The third-order valence-corrected chi connectivity index (χ3v) is 4.80. The summed E-state index contributed by atoms with van der Waals surface area (Å²) in [6.07, 6.45) is 4.43. The Labute approximate surface area is 103 Å². The second-order valence-corrected chi connectivity index (χ2v) is 6.25. The SMILES string of the molecule is C=C1CC[C@H](OC)C(C)(C)[C@@H]1C(=S)SC. The van der Waals surface area contributed by atoms with Gasteiger partial charge < -0.3 is 4.74 Å². The van der Waals surface area contributed by atoms with Crippen LogP contribution in [0.15, 0.2) is 12.2 Å². The lowest BCUT2D eigenvalue weighted by Crippen LogP contribution is -2.44. The van der Waals surface area contributed by atoms with E-state index in [9.17, 15) is 0 Å². The number of rotatable bonds is 2. The minimum absolute atomic E-state index is 0.0736. The van der Waals surface area contributed by atoms with Gasteiger partial charge in [-0.15, -0.1) is 11.8 Å². The van der Waals surface area contributed by atoms with Crippen molar-refractivity contribution in [2.75, 3.05) is 13.4 Å². The zero-order chi connectivity index (χ0) is 11.6. The number of hydrogen-bond acceptors (Lipinski definition) is 3. The lowest BCUT2D eigenvalue weighted by atomic mass is 9.65. The third kappa shape index (κ3) is 2.45. The van der Waals surface area contributed by atoms with E-state index < -0.39 is 0 Å². The van der Waals surface area contributed by atoms with E-state index in [0.29, 0.717) is 5.92 Å². The van der Waals surface area contributed by atoms with Crippen molar-refractivity contribution in [3.05, 3.63) is 12.2 Å². The zero-order valence-corrected chi connectivity index (χ0v) is 11.6. The lowest BCUT2D eigenvalue weighted by Gasteiger charge is -2.45. The highest BCUT2D eigenvalue weighted by atomic mass is 32.2. The first kappa shape index (κ1) is 13.2. The minimum Gasteiger partial charge on any atom is -0.381 e. The molecule has 1 saturated carbocycles. The maximum absolute atomic E-state index is 5.57. The largest absolute Gasteiger partial charge is 0.381 e. The molecule has 1 nitrogen and oxygen atoms in total. The molecule has 0 bridgehead atoms. The quantitative estimate of drug-likeness (QED) is 0.541. The molecule has 0 unspecified atom stereocenters. The molecule has 1 aliphatic rings. The van der Waals surface area contributed by atoms with Crippen LogP contribution in [0.1, 0.15) is 26.7 Å². The average molecular weight is 244 g/mol. The van der Waals surface area contributed by atoms with Gasteiger partial charge in [0.2, 0.25) is 0 Å². The van der Waals surface area contributed by atoms with Gasteiger partial charge in [-0.2, -0.15) is 0 Å². The smallest absolute Gasteiger partial charge is 0.0634 e. The van der Waals surface area contributed by atoms with Crippen molar-refractivity contribution >= 4 is 28.2 Å². The summed E-state index contributed by atoms with van der Waals surface area (Å²) in [4.78, 5) is 0. The van der Waals surface area contributed by atoms with Gasteiger partial charge in [-0.05, 0) is 19.1 Å². The van der Waals surface area contributed by atoms with Crippen LogP contribution in [0.5, 0.6) is 0 Å². The molecule has 15 heavy (non-hydrogen) atoms. The molecule has 2 atom stereocenters. The third-order valence-electron chi connectivity index (χ3n) is 3.43. The van der Waals surface area contributed by atoms with Crippen LogP contribution in [-0.2, 0) is 4.74 Å². The molecule has 0 aromatic heterocycles. The van der Waals surface area contributed by atoms with E-state index >= 15 is 0 Å². The summed E-state index contributed by atoms with van der Waals surface area (Å²) in [5.74, 6) is 0.307. The first-order valence-corrected chi connectivity index (χ1v) is 6.86. The van der Waals surface area contributed by atoms with E-state index in [2.05, 4.69) is 20.4 Å². The monoisotopic (exact) mass is 244 g/mol. The lowest BCUT2D eigenvalue weighted by molar-refractivity contribution is -0.0227. The second kappa shape index (κ2) is 4.98. The van der Waals surface area contributed by atoms with E-state index in [1.165, 1.54) is 5.57 Å². The second-order valence-electron chi connectivity index (χ2n) is 4.70. The molecule has 0 N–H and O–H groups in total. The number of ether oxygens (including phenoxy) is 1. The van der Waals surface area contributed by atoms with Crippen LogP contribution in [0.25, 0.3) is 0 Å². The highest BCUT2D eigenvalue weighted by Crippen LogP contribution is 2.46. The molecule has 0 aliphatic heterocycles. The Morgan fingerprint density at radius 3 is 2.67 bits per heavy atom. The highest BCUT2D eigenvalue weighted by molar-refractivity contribution is 8.22. The summed E-state index contributed by atoms with van der Waals surface area (Å²) < 4.78 is 6.62. The summed E-state index contributed by atoms with van der Waals surface area (Å²) in [6.45, 7) is 8.64.